The van der Waals surface area contributed by atoms with Crippen molar-refractivity contribution in [2.45, 2.75) is 6.42 Å². The smallest absolute Gasteiger partial charge is 0.374 e. The number of benzene rings is 2. The van der Waals surface area contributed by atoms with Crippen LogP contribution < -0.4 is 15.6 Å². The number of carbonyl (C=O) groups excluding carboxylic acids is 1. The van der Waals surface area contributed by atoms with Crippen LogP contribution in [-0.2, 0) is 11.2 Å². The Bertz CT molecular complexity index is 1070. The molecule has 0 radical (unpaired) electrons. The second-order valence-electron chi connectivity index (χ2n) is 5.82. The SMILES string of the molecule is O=C(Cc1ccc([N+](=O)[O-])cc1)NNc1ncnc(Oc2ccccc2)c1[N+](=O)[O-]. The van der Waals surface area contributed by atoms with E-state index in [1.165, 1.54) is 24.3 Å². The van der Waals surface area contributed by atoms with Crippen molar-refractivity contribution in [2.75, 3.05) is 5.43 Å². The van der Waals surface area contributed by atoms with Crippen LogP contribution in [0.2, 0.25) is 0 Å². The van der Waals surface area contributed by atoms with Crippen molar-refractivity contribution in [3.8, 4) is 11.6 Å². The Kier molecular flexibility index (Phi) is 6.08. The van der Waals surface area contributed by atoms with Gasteiger partial charge in [0.05, 0.1) is 16.3 Å². The molecule has 0 aliphatic heterocycles. The number of carbonyl (C=O) groups is 1. The fourth-order valence-corrected chi connectivity index (χ4v) is 2.39. The van der Waals surface area contributed by atoms with Gasteiger partial charge in [0, 0.05) is 12.1 Å². The number of amides is 1. The van der Waals surface area contributed by atoms with E-state index < -0.39 is 21.4 Å². The summed E-state index contributed by atoms with van der Waals surface area (Å²) in [6.07, 6.45) is 0.938. The van der Waals surface area contributed by atoms with Gasteiger partial charge in [0.2, 0.25) is 11.7 Å². The first-order valence-corrected chi connectivity index (χ1v) is 8.44. The van der Waals surface area contributed by atoms with Crippen LogP contribution in [0.5, 0.6) is 11.6 Å². The molecule has 1 heterocycles. The molecule has 2 N–H and O–H groups in total. The van der Waals surface area contributed by atoms with Crippen LogP contribution in [0.1, 0.15) is 5.56 Å². The molecule has 1 aromatic heterocycles. The van der Waals surface area contributed by atoms with Crippen LogP contribution in [0.3, 0.4) is 0 Å². The Morgan fingerprint density at radius 3 is 2.30 bits per heavy atom. The average Bonchev–Trinajstić information content (AvgIpc) is 2.73. The van der Waals surface area contributed by atoms with Crippen LogP contribution in [0.25, 0.3) is 0 Å². The van der Waals surface area contributed by atoms with Gasteiger partial charge in [-0.25, -0.2) is 4.98 Å². The summed E-state index contributed by atoms with van der Waals surface area (Å²) in [5, 5.41) is 22.2. The molecule has 0 bridgehead atoms. The third-order valence-corrected chi connectivity index (χ3v) is 3.76. The average molecular weight is 410 g/mol. The van der Waals surface area contributed by atoms with Crippen molar-refractivity contribution < 1.29 is 19.4 Å². The molecule has 3 rings (SSSR count). The van der Waals surface area contributed by atoms with Gasteiger partial charge in [0.25, 0.3) is 5.69 Å². The number of nitro benzene ring substituents is 1. The van der Waals surface area contributed by atoms with E-state index in [9.17, 15) is 25.0 Å². The molecule has 3 aromatic rings. The summed E-state index contributed by atoms with van der Waals surface area (Å²) < 4.78 is 5.44. The fourth-order valence-electron chi connectivity index (χ4n) is 2.39. The first kappa shape index (κ1) is 20.1. The van der Waals surface area contributed by atoms with Gasteiger partial charge in [-0.2, -0.15) is 4.98 Å². The van der Waals surface area contributed by atoms with E-state index >= 15 is 0 Å². The van der Waals surface area contributed by atoms with Gasteiger partial charge in [-0.3, -0.25) is 35.9 Å². The maximum Gasteiger partial charge on any atom is 0.374 e. The summed E-state index contributed by atoms with van der Waals surface area (Å²) >= 11 is 0. The van der Waals surface area contributed by atoms with Gasteiger partial charge in [0.15, 0.2) is 0 Å². The number of nitro groups is 2. The Morgan fingerprint density at radius 1 is 0.967 bits per heavy atom. The van der Waals surface area contributed by atoms with Crippen molar-refractivity contribution in [2.24, 2.45) is 0 Å². The number of rotatable bonds is 8. The van der Waals surface area contributed by atoms with Gasteiger partial charge in [-0.05, 0) is 17.7 Å². The van der Waals surface area contributed by atoms with Crippen molar-refractivity contribution in [3.63, 3.8) is 0 Å². The quantitative estimate of drug-likeness (QED) is 0.420. The number of hydrogen-bond donors (Lipinski definition) is 2. The molecule has 0 atom stereocenters. The summed E-state index contributed by atoms with van der Waals surface area (Å²) in [4.78, 5) is 40.6. The molecule has 12 nitrogen and oxygen atoms in total. The maximum atomic E-state index is 12.1. The van der Waals surface area contributed by atoms with Crippen LogP contribution in [0, 0.1) is 20.2 Å². The molecule has 0 saturated heterocycles. The molecule has 2 aromatic carbocycles. The molecule has 1 amide bonds. The highest BCUT2D eigenvalue weighted by atomic mass is 16.6. The predicted octanol–water partition coefficient (Wildman–Crippen LogP) is 2.77. The molecule has 0 unspecified atom stereocenters. The summed E-state index contributed by atoms with van der Waals surface area (Å²) in [5.74, 6) is -0.763. The van der Waals surface area contributed by atoms with Crippen molar-refractivity contribution in [1.82, 2.24) is 15.4 Å². The van der Waals surface area contributed by atoms with Crippen LogP contribution in [0.15, 0.2) is 60.9 Å². The lowest BCUT2D eigenvalue weighted by atomic mass is 10.1. The summed E-state index contributed by atoms with van der Waals surface area (Å²) in [7, 11) is 0. The molecule has 0 fully saturated rings. The first-order chi connectivity index (χ1) is 14.4. The Hall–Kier alpha value is -4.61. The number of nitrogens with one attached hydrogen (secondary N) is 2. The lowest BCUT2D eigenvalue weighted by Crippen LogP contribution is -2.31. The number of hydrogen-bond acceptors (Lipinski definition) is 9. The summed E-state index contributed by atoms with van der Waals surface area (Å²) in [5.41, 5.74) is 4.55. The highest BCUT2D eigenvalue weighted by Gasteiger charge is 2.25. The normalized spacial score (nSPS) is 10.1. The fraction of sp³-hybridized carbons (Fsp3) is 0.0556. The number of non-ortho nitro benzene ring substituents is 1. The van der Waals surface area contributed by atoms with E-state index in [4.69, 9.17) is 4.74 Å². The van der Waals surface area contributed by atoms with Gasteiger partial charge < -0.3 is 4.74 Å². The zero-order valence-electron chi connectivity index (χ0n) is 15.2. The standard InChI is InChI=1S/C18H14N6O6/c25-15(10-12-6-8-13(9-7-12)23(26)27)21-22-17-16(24(28)29)18(20-11-19-17)30-14-4-2-1-3-5-14/h1-9,11H,10H2,(H,21,25)(H,19,20,22). The molecular weight excluding hydrogens is 396 g/mol. The minimum absolute atomic E-state index is 0.0974. The summed E-state index contributed by atoms with van der Waals surface area (Å²) in [6.45, 7) is 0. The zero-order chi connectivity index (χ0) is 21.5. The molecule has 0 saturated carbocycles. The Labute approximate surface area is 168 Å². The van der Waals surface area contributed by atoms with Gasteiger partial charge in [0.1, 0.15) is 12.1 Å². The van der Waals surface area contributed by atoms with Crippen molar-refractivity contribution >= 4 is 23.1 Å². The van der Waals surface area contributed by atoms with Gasteiger partial charge in [-0.1, -0.05) is 30.3 Å². The van der Waals surface area contributed by atoms with E-state index in [1.54, 1.807) is 30.3 Å². The van der Waals surface area contributed by atoms with E-state index in [1.807, 2.05) is 0 Å². The first-order valence-electron chi connectivity index (χ1n) is 8.44. The maximum absolute atomic E-state index is 12.1. The summed E-state index contributed by atoms with van der Waals surface area (Å²) in [6, 6.07) is 13.8. The number of ether oxygens (including phenoxy) is 1. The molecule has 0 aliphatic rings. The van der Waals surface area contributed by atoms with E-state index in [2.05, 4.69) is 20.8 Å². The van der Waals surface area contributed by atoms with E-state index in [0.29, 0.717) is 11.3 Å². The van der Waals surface area contributed by atoms with E-state index in [0.717, 1.165) is 6.33 Å². The van der Waals surface area contributed by atoms with E-state index in [-0.39, 0.29) is 23.8 Å². The third-order valence-electron chi connectivity index (χ3n) is 3.76. The third kappa shape index (κ3) is 5.01. The number of nitrogens with zero attached hydrogens (tertiary/aromatic N) is 4. The molecule has 12 heteroatoms. The Morgan fingerprint density at radius 2 is 1.67 bits per heavy atom. The number of aromatic nitrogens is 2. The number of anilines is 1. The molecule has 30 heavy (non-hydrogen) atoms. The lowest BCUT2D eigenvalue weighted by molar-refractivity contribution is -0.385. The van der Waals surface area contributed by atoms with Crippen LogP contribution >= 0.6 is 0 Å². The van der Waals surface area contributed by atoms with Gasteiger partial charge in [-0.15, -0.1) is 0 Å². The van der Waals surface area contributed by atoms with Crippen molar-refractivity contribution in [3.05, 3.63) is 86.7 Å². The molecular formula is C18H14N6O6. The number of para-hydroxylation sites is 1. The topological polar surface area (TPSA) is 162 Å². The van der Waals surface area contributed by atoms with Crippen LogP contribution in [0.4, 0.5) is 17.2 Å². The molecule has 152 valence electrons. The Balaban J connectivity index is 1.69. The minimum atomic E-state index is -0.733. The zero-order valence-corrected chi connectivity index (χ0v) is 15.2. The monoisotopic (exact) mass is 410 g/mol. The second-order valence-corrected chi connectivity index (χ2v) is 5.82. The molecule has 0 spiro atoms. The highest BCUT2D eigenvalue weighted by Crippen LogP contribution is 2.33. The van der Waals surface area contributed by atoms with Crippen molar-refractivity contribution in [1.29, 1.82) is 0 Å². The van der Waals surface area contributed by atoms with Gasteiger partial charge >= 0.3 is 11.6 Å². The molecule has 0 aliphatic carbocycles. The largest absolute Gasteiger partial charge is 0.434 e. The predicted molar refractivity (Wildman–Crippen MR) is 104 cm³/mol. The second kappa shape index (κ2) is 9.05. The minimum Gasteiger partial charge on any atom is -0.434 e. The highest BCUT2D eigenvalue weighted by molar-refractivity contribution is 5.80. The number of hydrazine groups is 1. The lowest BCUT2D eigenvalue weighted by Gasteiger charge is -2.10. The van der Waals surface area contributed by atoms with Crippen LogP contribution in [-0.4, -0.2) is 25.7 Å².